The molecule has 0 saturated heterocycles. The fourth-order valence-electron chi connectivity index (χ4n) is 2.49. The van der Waals surface area contributed by atoms with Crippen molar-refractivity contribution in [3.8, 4) is 0 Å². The highest BCUT2D eigenvalue weighted by Gasteiger charge is 2.40. The van der Waals surface area contributed by atoms with E-state index in [4.69, 9.17) is 10.2 Å². The zero-order chi connectivity index (χ0) is 13.0. The van der Waals surface area contributed by atoms with E-state index in [9.17, 15) is 9.59 Å². The van der Waals surface area contributed by atoms with Crippen LogP contribution in [0.3, 0.4) is 0 Å². The maximum Gasteiger partial charge on any atom is 0.307 e. The molecule has 1 saturated carbocycles. The van der Waals surface area contributed by atoms with Gasteiger partial charge in [0.05, 0.1) is 18.4 Å². The molecule has 2 N–H and O–H groups in total. The van der Waals surface area contributed by atoms with E-state index in [0.29, 0.717) is 12.8 Å². The topological polar surface area (TPSA) is 77.8 Å². The van der Waals surface area contributed by atoms with Crippen LogP contribution in [0, 0.1) is 11.8 Å². The summed E-state index contributed by atoms with van der Waals surface area (Å²) in [5.41, 5.74) is 0. The predicted octanol–water partition coefficient (Wildman–Crippen LogP) is 0.717. The number of amides is 1. The van der Waals surface area contributed by atoms with Crippen molar-refractivity contribution in [3.05, 3.63) is 0 Å². The van der Waals surface area contributed by atoms with Crippen LogP contribution in [0.2, 0.25) is 0 Å². The molecule has 5 heteroatoms. The number of carboxylic acids is 1. The van der Waals surface area contributed by atoms with Gasteiger partial charge in [0.2, 0.25) is 5.91 Å². The molecule has 0 aromatic heterocycles. The summed E-state index contributed by atoms with van der Waals surface area (Å²) in [5, 5.41) is 18.0. The van der Waals surface area contributed by atoms with E-state index in [1.165, 1.54) is 0 Å². The molecule has 5 nitrogen and oxygen atoms in total. The molecule has 0 spiro atoms. The van der Waals surface area contributed by atoms with Gasteiger partial charge in [0.1, 0.15) is 0 Å². The first kappa shape index (κ1) is 14.0. The number of hydrogen-bond donors (Lipinski definition) is 2. The summed E-state index contributed by atoms with van der Waals surface area (Å²) in [4.78, 5) is 24.9. The quantitative estimate of drug-likeness (QED) is 0.745. The van der Waals surface area contributed by atoms with Crippen LogP contribution in [-0.4, -0.2) is 46.2 Å². The molecule has 0 bridgehead atoms. The Bertz CT molecular complexity index is 290. The first-order valence-corrected chi connectivity index (χ1v) is 6.13. The molecule has 98 valence electrons. The second kappa shape index (κ2) is 6.00. The smallest absolute Gasteiger partial charge is 0.307 e. The molecule has 0 aromatic rings. The second-order valence-electron chi connectivity index (χ2n) is 4.83. The first-order chi connectivity index (χ1) is 7.99. The zero-order valence-corrected chi connectivity index (χ0v) is 10.4. The number of nitrogens with zero attached hydrogens (tertiary/aromatic N) is 1. The molecular formula is C12H21NO4. The van der Waals surface area contributed by atoms with E-state index in [0.717, 1.165) is 6.42 Å². The van der Waals surface area contributed by atoms with E-state index >= 15 is 0 Å². The van der Waals surface area contributed by atoms with Crippen molar-refractivity contribution in [1.29, 1.82) is 0 Å². The highest BCUT2D eigenvalue weighted by Crippen LogP contribution is 2.33. The normalized spacial score (nSPS) is 24.0. The van der Waals surface area contributed by atoms with Gasteiger partial charge in [0.25, 0.3) is 0 Å². The fraction of sp³-hybridized carbons (Fsp3) is 0.833. The molecule has 1 aliphatic rings. The summed E-state index contributed by atoms with van der Waals surface area (Å²) in [6.07, 6.45) is 2.01. The van der Waals surface area contributed by atoms with Crippen LogP contribution < -0.4 is 0 Å². The van der Waals surface area contributed by atoms with Crippen LogP contribution >= 0.6 is 0 Å². The van der Waals surface area contributed by atoms with Gasteiger partial charge in [-0.1, -0.05) is 6.42 Å². The van der Waals surface area contributed by atoms with Gasteiger partial charge >= 0.3 is 5.97 Å². The summed E-state index contributed by atoms with van der Waals surface area (Å²) in [6.45, 7) is 3.93. The van der Waals surface area contributed by atoms with E-state index in [2.05, 4.69) is 0 Å². The maximum atomic E-state index is 12.2. The van der Waals surface area contributed by atoms with Gasteiger partial charge in [-0.3, -0.25) is 9.59 Å². The Morgan fingerprint density at radius 3 is 2.35 bits per heavy atom. The van der Waals surface area contributed by atoms with E-state index in [-0.39, 0.29) is 25.1 Å². The number of rotatable bonds is 5. The highest BCUT2D eigenvalue weighted by molar-refractivity contribution is 5.85. The Labute approximate surface area is 101 Å². The van der Waals surface area contributed by atoms with Crippen molar-refractivity contribution in [3.63, 3.8) is 0 Å². The summed E-state index contributed by atoms with van der Waals surface area (Å²) >= 11 is 0. The van der Waals surface area contributed by atoms with Crippen molar-refractivity contribution < 1.29 is 19.8 Å². The van der Waals surface area contributed by atoms with Gasteiger partial charge in [-0.05, 0) is 26.7 Å². The Balaban J connectivity index is 2.75. The van der Waals surface area contributed by atoms with E-state index < -0.39 is 17.8 Å². The standard InChI is InChI=1S/C12H21NO4/c1-8(2)13(6-7-14)11(15)9-4-3-5-10(9)12(16)17/h8-10,14H,3-7H2,1-2H3,(H,16,17). The number of carbonyl (C=O) groups excluding carboxylic acids is 1. The van der Waals surface area contributed by atoms with Crippen molar-refractivity contribution in [2.75, 3.05) is 13.2 Å². The molecule has 17 heavy (non-hydrogen) atoms. The lowest BCUT2D eigenvalue weighted by Crippen LogP contribution is -2.44. The van der Waals surface area contributed by atoms with Gasteiger partial charge in [-0.25, -0.2) is 0 Å². The Morgan fingerprint density at radius 2 is 1.88 bits per heavy atom. The van der Waals surface area contributed by atoms with Crippen molar-refractivity contribution >= 4 is 11.9 Å². The molecule has 0 aromatic carbocycles. The lowest BCUT2D eigenvalue weighted by Gasteiger charge is -2.30. The second-order valence-corrected chi connectivity index (χ2v) is 4.83. The van der Waals surface area contributed by atoms with Crippen LogP contribution in [0.4, 0.5) is 0 Å². The number of carboxylic acid groups (broad SMARTS) is 1. The van der Waals surface area contributed by atoms with Crippen LogP contribution in [0.15, 0.2) is 0 Å². The predicted molar refractivity (Wildman–Crippen MR) is 62.4 cm³/mol. The lowest BCUT2D eigenvalue weighted by molar-refractivity contribution is -0.150. The van der Waals surface area contributed by atoms with Crippen molar-refractivity contribution in [2.45, 2.75) is 39.2 Å². The molecule has 2 atom stereocenters. The van der Waals surface area contributed by atoms with Crippen LogP contribution in [0.5, 0.6) is 0 Å². The highest BCUT2D eigenvalue weighted by atomic mass is 16.4. The molecule has 0 radical (unpaired) electrons. The van der Waals surface area contributed by atoms with E-state index in [1.807, 2.05) is 13.8 Å². The zero-order valence-electron chi connectivity index (χ0n) is 10.4. The Kier molecular flexibility index (Phi) is 4.93. The average Bonchev–Trinajstić information content (AvgIpc) is 2.73. The monoisotopic (exact) mass is 243 g/mol. The van der Waals surface area contributed by atoms with Gasteiger partial charge in [-0.15, -0.1) is 0 Å². The molecular weight excluding hydrogens is 222 g/mol. The van der Waals surface area contributed by atoms with Crippen molar-refractivity contribution in [2.24, 2.45) is 11.8 Å². The van der Waals surface area contributed by atoms with Gasteiger partial charge < -0.3 is 15.1 Å². The van der Waals surface area contributed by atoms with Gasteiger partial charge in [0.15, 0.2) is 0 Å². The SMILES string of the molecule is CC(C)N(CCO)C(=O)C1CCCC1C(=O)O. The minimum atomic E-state index is -0.881. The minimum absolute atomic E-state index is 0.00954. The van der Waals surface area contributed by atoms with Crippen LogP contribution in [0.25, 0.3) is 0 Å². The molecule has 1 rings (SSSR count). The molecule has 1 amide bonds. The van der Waals surface area contributed by atoms with Crippen LogP contribution in [-0.2, 0) is 9.59 Å². The number of carbonyl (C=O) groups is 2. The lowest BCUT2D eigenvalue weighted by atomic mass is 9.94. The summed E-state index contributed by atoms with van der Waals surface area (Å²) in [7, 11) is 0. The summed E-state index contributed by atoms with van der Waals surface area (Å²) in [5.74, 6) is -1.98. The van der Waals surface area contributed by atoms with Gasteiger partial charge in [-0.2, -0.15) is 0 Å². The molecule has 1 fully saturated rings. The largest absolute Gasteiger partial charge is 0.481 e. The number of aliphatic hydroxyl groups is 1. The summed E-state index contributed by atoms with van der Waals surface area (Å²) < 4.78 is 0. The molecule has 0 heterocycles. The van der Waals surface area contributed by atoms with E-state index in [1.54, 1.807) is 4.90 Å². The minimum Gasteiger partial charge on any atom is -0.481 e. The molecule has 2 unspecified atom stereocenters. The van der Waals surface area contributed by atoms with Crippen molar-refractivity contribution in [1.82, 2.24) is 4.90 Å². The number of hydrogen-bond acceptors (Lipinski definition) is 3. The Hall–Kier alpha value is -1.10. The number of aliphatic hydroxyl groups excluding tert-OH is 1. The third-order valence-corrected chi connectivity index (χ3v) is 3.40. The average molecular weight is 243 g/mol. The maximum absolute atomic E-state index is 12.2. The summed E-state index contributed by atoms with van der Waals surface area (Å²) in [6, 6.07) is -0.00954. The third kappa shape index (κ3) is 3.19. The van der Waals surface area contributed by atoms with Gasteiger partial charge in [0, 0.05) is 12.6 Å². The molecule has 1 aliphatic carbocycles. The molecule has 0 aliphatic heterocycles. The third-order valence-electron chi connectivity index (χ3n) is 3.40. The van der Waals surface area contributed by atoms with Crippen LogP contribution in [0.1, 0.15) is 33.1 Å². The first-order valence-electron chi connectivity index (χ1n) is 6.13. The Morgan fingerprint density at radius 1 is 1.29 bits per heavy atom. The number of aliphatic carboxylic acids is 1. The fourth-order valence-corrected chi connectivity index (χ4v) is 2.49.